The molecule has 1 aliphatic rings. The lowest BCUT2D eigenvalue weighted by atomic mass is 10.1. The van der Waals surface area contributed by atoms with Crippen molar-refractivity contribution in [2.75, 3.05) is 0 Å². The van der Waals surface area contributed by atoms with Gasteiger partial charge in [-0.25, -0.2) is 4.39 Å². The predicted octanol–water partition coefficient (Wildman–Crippen LogP) is 2.44. The molecule has 0 saturated heterocycles. The van der Waals surface area contributed by atoms with Gasteiger partial charge in [0, 0.05) is 5.92 Å². The Balaban J connectivity index is 2.75. The van der Waals surface area contributed by atoms with E-state index in [4.69, 9.17) is 0 Å². The normalized spacial score (nSPS) is 27.6. The average molecular weight is 112 g/mol. The van der Waals surface area contributed by atoms with E-state index in [-0.39, 0.29) is 11.7 Å². The topological polar surface area (TPSA) is 0 Å². The van der Waals surface area contributed by atoms with Crippen LogP contribution in [0.5, 0.6) is 0 Å². The van der Waals surface area contributed by atoms with Crippen molar-refractivity contribution in [2.24, 2.45) is 5.92 Å². The fraction of sp³-hybridized carbons (Fsp3) is 0.429. The highest BCUT2D eigenvalue weighted by molar-refractivity contribution is 5.28. The third kappa shape index (κ3) is 0.683. The molecule has 1 atom stereocenters. The third-order valence-electron chi connectivity index (χ3n) is 1.60. The van der Waals surface area contributed by atoms with Crippen molar-refractivity contribution >= 4 is 0 Å². The van der Waals surface area contributed by atoms with Crippen LogP contribution in [0.3, 0.4) is 0 Å². The minimum absolute atomic E-state index is 0.0116. The molecule has 0 unspecified atom stereocenters. The maximum absolute atomic E-state index is 12.4. The number of hydrogen-bond donors (Lipinski definition) is 0. The summed E-state index contributed by atoms with van der Waals surface area (Å²) in [5.41, 5.74) is 1.11. The van der Waals surface area contributed by atoms with Gasteiger partial charge in [0.1, 0.15) is 5.83 Å². The van der Waals surface area contributed by atoms with E-state index in [0.29, 0.717) is 0 Å². The van der Waals surface area contributed by atoms with Crippen LogP contribution in [-0.2, 0) is 0 Å². The molecule has 0 aliphatic heterocycles. The van der Waals surface area contributed by atoms with Crippen molar-refractivity contribution in [3.05, 3.63) is 23.6 Å². The van der Waals surface area contributed by atoms with Gasteiger partial charge in [0.05, 0.1) is 0 Å². The van der Waals surface area contributed by atoms with Crippen LogP contribution < -0.4 is 0 Å². The van der Waals surface area contributed by atoms with Crippen LogP contribution in [0.2, 0.25) is 0 Å². The summed E-state index contributed by atoms with van der Waals surface area (Å²) in [5, 5.41) is 0. The second kappa shape index (κ2) is 1.73. The summed E-state index contributed by atoms with van der Waals surface area (Å²) in [4.78, 5) is 0. The first-order valence-electron chi connectivity index (χ1n) is 2.75. The summed E-state index contributed by atoms with van der Waals surface area (Å²) in [6, 6.07) is 0. The first-order chi connectivity index (χ1) is 3.72. The fourth-order valence-electron chi connectivity index (χ4n) is 0.717. The Morgan fingerprint density at radius 1 is 1.50 bits per heavy atom. The van der Waals surface area contributed by atoms with E-state index in [9.17, 15) is 4.39 Å². The molecule has 0 nitrogen and oxygen atoms in total. The van der Waals surface area contributed by atoms with Crippen molar-refractivity contribution in [1.29, 1.82) is 0 Å². The van der Waals surface area contributed by atoms with Gasteiger partial charge in [0.2, 0.25) is 0 Å². The predicted molar refractivity (Wildman–Crippen MR) is 32.1 cm³/mol. The summed E-state index contributed by atoms with van der Waals surface area (Å²) in [6.45, 7) is 3.80. The van der Waals surface area contributed by atoms with Gasteiger partial charge in [-0.1, -0.05) is 18.6 Å². The molecule has 0 amide bonds. The lowest BCUT2D eigenvalue weighted by Crippen LogP contribution is -1.89. The molecule has 0 bridgehead atoms. The molecular weight excluding hydrogens is 103 g/mol. The number of hydrogen-bond acceptors (Lipinski definition) is 0. The highest BCUT2D eigenvalue weighted by Gasteiger charge is 2.13. The van der Waals surface area contributed by atoms with Crippen LogP contribution in [0.15, 0.2) is 23.6 Å². The molecule has 0 heterocycles. The fourth-order valence-corrected chi connectivity index (χ4v) is 0.717. The molecule has 1 aliphatic carbocycles. The molecule has 0 spiro atoms. The maximum Gasteiger partial charge on any atom is 0.107 e. The molecule has 1 heteroatoms. The summed E-state index contributed by atoms with van der Waals surface area (Å²) in [7, 11) is 0. The zero-order valence-electron chi connectivity index (χ0n) is 5.11. The van der Waals surface area contributed by atoms with Crippen LogP contribution in [0.1, 0.15) is 13.8 Å². The Morgan fingerprint density at radius 2 is 2.12 bits per heavy atom. The molecule has 0 aromatic carbocycles. The first-order valence-corrected chi connectivity index (χ1v) is 2.75. The van der Waals surface area contributed by atoms with Crippen molar-refractivity contribution in [3.63, 3.8) is 0 Å². The molecule has 8 heavy (non-hydrogen) atoms. The molecular formula is C7H9F. The van der Waals surface area contributed by atoms with Gasteiger partial charge >= 0.3 is 0 Å². The van der Waals surface area contributed by atoms with Gasteiger partial charge in [-0.05, 0) is 13.0 Å². The summed E-state index contributed by atoms with van der Waals surface area (Å²) in [5.74, 6) is 0.0255. The molecule has 44 valence electrons. The maximum atomic E-state index is 12.4. The Labute approximate surface area is 48.7 Å². The molecule has 0 radical (unpaired) electrons. The third-order valence-corrected chi connectivity index (χ3v) is 1.60. The minimum Gasteiger partial charge on any atom is -0.211 e. The largest absolute Gasteiger partial charge is 0.211 e. The zero-order chi connectivity index (χ0) is 6.15. The Hall–Kier alpha value is -0.590. The lowest BCUT2D eigenvalue weighted by Gasteiger charge is -2.00. The zero-order valence-corrected chi connectivity index (χ0v) is 5.11. The van der Waals surface area contributed by atoms with Crippen molar-refractivity contribution in [1.82, 2.24) is 0 Å². The van der Waals surface area contributed by atoms with Crippen molar-refractivity contribution in [2.45, 2.75) is 13.8 Å². The molecule has 0 N–H and O–H groups in total. The number of rotatable bonds is 0. The van der Waals surface area contributed by atoms with E-state index < -0.39 is 0 Å². The quantitative estimate of drug-likeness (QED) is 0.451. The van der Waals surface area contributed by atoms with Crippen molar-refractivity contribution in [3.8, 4) is 0 Å². The van der Waals surface area contributed by atoms with Crippen LogP contribution >= 0.6 is 0 Å². The van der Waals surface area contributed by atoms with Gasteiger partial charge in [-0.3, -0.25) is 0 Å². The van der Waals surface area contributed by atoms with Crippen LogP contribution in [0.4, 0.5) is 4.39 Å². The van der Waals surface area contributed by atoms with E-state index in [1.54, 1.807) is 0 Å². The van der Waals surface area contributed by atoms with Gasteiger partial charge in [0.25, 0.3) is 0 Å². The van der Waals surface area contributed by atoms with E-state index in [1.165, 1.54) is 6.08 Å². The smallest absolute Gasteiger partial charge is 0.107 e. The summed E-state index contributed by atoms with van der Waals surface area (Å²) in [6.07, 6.45) is 3.35. The highest BCUT2D eigenvalue weighted by atomic mass is 19.1. The summed E-state index contributed by atoms with van der Waals surface area (Å²) >= 11 is 0. The SMILES string of the molecule is CC1=CC=C(F)[C@H]1C. The van der Waals surface area contributed by atoms with E-state index in [1.807, 2.05) is 19.9 Å². The van der Waals surface area contributed by atoms with Crippen LogP contribution in [0.25, 0.3) is 0 Å². The minimum atomic E-state index is -0.0116. The van der Waals surface area contributed by atoms with Gasteiger partial charge < -0.3 is 0 Å². The van der Waals surface area contributed by atoms with Crippen LogP contribution in [-0.4, -0.2) is 0 Å². The molecule has 1 rings (SSSR count). The monoisotopic (exact) mass is 112 g/mol. The first kappa shape index (κ1) is 5.54. The lowest BCUT2D eigenvalue weighted by molar-refractivity contribution is 0.544. The average Bonchev–Trinajstić information content (AvgIpc) is 1.98. The Kier molecular flexibility index (Phi) is 1.20. The van der Waals surface area contributed by atoms with Crippen molar-refractivity contribution < 1.29 is 4.39 Å². The Bertz CT molecular complexity index is 136. The van der Waals surface area contributed by atoms with Gasteiger partial charge in [0.15, 0.2) is 0 Å². The second-order valence-electron chi connectivity index (χ2n) is 2.18. The Morgan fingerprint density at radius 3 is 2.25 bits per heavy atom. The number of allylic oxidation sites excluding steroid dienone is 4. The summed E-state index contributed by atoms with van der Waals surface area (Å²) < 4.78 is 12.4. The molecule has 0 fully saturated rings. The second-order valence-corrected chi connectivity index (χ2v) is 2.18. The standard InChI is InChI=1S/C7H9F/c1-5-3-4-7(8)6(5)2/h3-4,6H,1-2H3/t6-/m0/s1. The van der Waals surface area contributed by atoms with E-state index in [0.717, 1.165) is 5.57 Å². The van der Waals surface area contributed by atoms with Gasteiger partial charge in [-0.2, -0.15) is 0 Å². The van der Waals surface area contributed by atoms with Gasteiger partial charge in [-0.15, -0.1) is 0 Å². The van der Waals surface area contributed by atoms with Crippen LogP contribution in [0, 0.1) is 5.92 Å². The molecule has 0 aromatic rings. The molecule has 0 aromatic heterocycles. The van der Waals surface area contributed by atoms with E-state index >= 15 is 0 Å². The highest BCUT2D eigenvalue weighted by Crippen LogP contribution is 2.25. The van der Waals surface area contributed by atoms with E-state index in [2.05, 4.69) is 0 Å². The molecule has 0 saturated carbocycles. The number of halogens is 1.